The minimum absolute atomic E-state index is 0.0468. The maximum atomic E-state index is 12.4. The highest BCUT2D eigenvalue weighted by Crippen LogP contribution is 2.23. The van der Waals surface area contributed by atoms with Gasteiger partial charge in [0.15, 0.2) is 5.69 Å². The van der Waals surface area contributed by atoms with E-state index in [-0.39, 0.29) is 22.3 Å². The Kier molecular flexibility index (Phi) is 6.24. The van der Waals surface area contributed by atoms with E-state index in [0.717, 1.165) is 12.4 Å². The van der Waals surface area contributed by atoms with Crippen molar-refractivity contribution < 1.29 is 19.5 Å². The standard InChI is InChI=1S/C17H17ClN4O4/c1-3-22(4-2)16(24)11-6-5-10(7-12(11)18)21-15(23)13-8-20-14(9-19-13)17(25)26/h5-9H,3-4H2,1-2H3,(H,21,23)(H,25,26). The van der Waals surface area contributed by atoms with Crippen LogP contribution in [-0.2, 0) is 0 Å². The molecule has 9 heteroatoms. The maximum Gasteiger partial charge on any atom is 0.356 e. The summed E-state index contributed by atoms with van der Waals surface area (Å²) in [5, 5.41) is 11.6. The summed E-state index contributed by atoms with van der Waals surface area (Å²) in [6.07, 6.45) is 2.06. The van der Waals surface area contributed by atoms with Gasteiger partial charge in [-0.2, -0.15) is 0 Å². The van der Waals surface area contributed by atoms with E-state index in [2.05, 4.69) is 15.3 Å². The molecule has 26 heavy (non-hydrogen) atoms. The quantitative estimate of drug-likeness (QED) is 0.801. The first-order chi connectivity index (χ1) is 12.4. The Morgan fingerprint density at radius 3 is 2.23 bits per heavy atom. The van der Waals surface area contributed by atoms with Gasteiger partial charge in [-0.15, -0.1) is 0 Å². The van der Waals surface area contributed by atoms with Crippen LogP contribution in [0.1, 0.15) is 45.2 Å². The molecule has 2 amide bonds. The summed E-state index contributed by atoms with van der Waals surface area (Å²) in [6, 6.07) is 4.56. The number of nitrogens with zero attached hydrogens (tertiary/aromatic N) is 3. The second kappa shape index (κ2) is 8.39. The monoisotopic (exact) mass is 376 g/mol. The molecule has 0 aliphatic rings. The topological polar surface area (TPSA) is 112 Å². The predicted octanol–water partition coefficient (Wildman–Crippen LogP) is 2.56. The fourth-order valence-electron chi connectivity index (χ4n) is 2.20. The number of carbonyl (C=O) groups excluding carboxylic acids is 2. The number of carbonyl (C=O) groups is 3. The van der Waals surface area contributed by atoms with Gasteiger partial charge in [0.1, 0.15) is 5.69 Å². The Bertz CT molecular complexity index is 835. The van der Waals surface area contributed by atoms with Crippen molar-refractivity contribution in [3.63, 3.8) is 0 Å². The van der Waals surface area contributed by atoms with E-state index in [1.54, 1.807) is 11.0 Å². The summed E-state index contributed by atoms with van der Waals surface area (Å²) in [5.41, 5.74) is 0.414. The lowest BCUT2D eigenvalue weighted by Gasteiger charge is -2.19. The van der Waals surface area contributed by atoms with Crippen LogP contribution in [-0.4, -0.2) is 50.8 Å². The van der Waals surface area contributed by atoms with E-state index >= 15 is 0 Å². The second-order valence-corrected chi connectivity index (χ2v) is 5.63. The molecule has 0 fully saturated rings. The van der Waals surface area contributed by atoms with Crippen molar-refractivity contribution in [2.24, 2.45) is 0 Å². The highest BCUT2D eigenvalue weighted by atomic mass is 35.5. The first-order valence-corrected chi connectivity index (χ1v) is 8.20. The van der Waals surface area contributed by atoms with Crippen molar-refractivity contribution in [2.45, 2.75) is 13.8 Å². The zero-order valence-electron chi connectivity index (χ0n) is 14.2. The number of carboxylic acids is 1. The molecule has 1 aromatic carbocycles. The molecule has 2 N–H and O–H groups in total. The normalized spacial score (nSPS) is 10.3. The number of halogens is 1. The SMILES string of the molecule is CCN(CC)C(=O)c1ccc(NC(=O)c2cnc(C(=O)O)cn2)cc1Cl. The van der Waals surface area contributed by atoms with Gasteiger partial charge >= 0.3 is 5.97 Å². The summed E-state index contributed by atoms with van der Waals surface area (Å²) in [6.45, 7) is 4.88. The highest BCUT2D eigenvalue weighted by molar-refractivity contribution is 6.34. The number of hydrogen-bond donors (Lipinski definition) is 2. The van der Waals surface area contributed by atoms with Crippen molar-refractivity contribution in [3.8, 4) is 0 Å². The molecule has 1 aromatic heterocycles. The lowest BCUT2D eigenvalue weighted by Crippen LogP contribution is -2.30. The summed E-state index contributed by atoms with van der Waals surface area (Å²) in [4.78, 5) is 44.3. The molecule has 0 saturated carbocycles. The number of benzene rings is 1. The highest BCUT2D eigenvalue weighted by Gasteiger charge is 2.17. The lowest BCUT2D eigenvalue weighted by molar-refractivity contribution is 0.0688. The van der Waals surface area contributed by atoms with Crippen LogP contribution in [0, 0.1) is 0 Å². The Morgan fingerprint density at radius 1 is 1.12 bits per heavy atom. The fraction of sp³-hybridized carbons (Fsp3) is 0.235. The van der Waals surface area contributed by atoms with Crippen LogP contribution >= 0.6 is 11.6 Å². The van der Waals surface area contributed by atoms with Gasteiger partial charge in [-0.3, -0.25) is 9.59 Å². The molecule has 0 bridgehead atoms. The van der Waals surface area contributed by atoms with Crippen LogP contribution < -0.4 is 5.32 Å². The third-order valence-corrected chi connectivity index (χ3v) is 3.92. The van der Waals surface area contributed by atoms with Gasteiger partial charge in [0.25, 0.3) is 11.8 Å². The van der Waals surface area contributed by atoms with Gasteiger partial charge in [0.05, 0.1) is 23.0 Å². The molecule has 2 rings (SSSR count). The van der Waals surface area contributed by atoms with E-state index in [0.29, 0.717) is 24.3 Å². The fourth-order valence-corrected chi connectivity index (χ4v) is 2.46. The Hall–Kier alpha value is -3.00. The average Bonchev–Trinajstić information content (AvgIpc) is 2.62. The molecule has 0 saturated heterocycles. The van der Waals surface area contributed by atoms with Gasteiger partial charge in [0.2, 0.25) is 0 Å². The van der Waals surface area contributed by atoms with Gasteiger partial charge in [-0.1, -0.05) is 11.6 Å². The van der Waals surface area contributed by atoms with E-state index in [1.165, 1.54) is 12.1 Å². The molecule has 8 nitrogen and oxygen atoms in total. The first kappa shape index (κ1) is 19.3. The zero-order valence-corrected chi connectivity index (χ0v) is 14.9. The van der Waals surface area contributed by atoms with Crippen molar-refractivity contribution in [1.82, 2.24) is 14.9 Å². The molecular weight excluding hydrogens is 360 g/mol. The van der Waals surface area contributed by atoms with Crippen molar-refractivity contribution >= 4 is 35.1 Å². The zero-order chi connectivity index (χ0) is 19.3. The Labute approximate surface area is 154 Å². The third-order valence-electron chi connectivity index (χ3n) is 3.61. The van der Waals surface area contributed by atoms with Crippen LogP contribution in [0.25, 0.3) is 0 Å². The minimum Gasteiger partial charge on any atom is -0.476 e. The van der Waals surface area contributed by atoms with Crippen LogP contribution in [0.2, 0.25) is 5.02 Å². The summed E-state index contributed by atoms with van der Waals surface area (Å²) in [7, 11) is 0. The van der Waals surface area contributed by atoms with Crippen LogP contribution in [0.3, 0.4) is 0 Å². The Morgan fingerprint density at radius 2 is 1.73 bits per heavy atom. The number of amides is 2. The van der Waals surface area contributed by atoms with Crippen molar-refractivity contribution in [1.29, 1.82) is 0 Å². The minimum atomic E-state index is -1.23. The largest absolute Gasteiger partial charge is 0.476 e. The van der Waals surface area contributed by atoms with Gasteiger partial charge in [0, 0.05) is 18.8 Å². The van der Waals surface area contributed by atoms with Crippen LogP contribution in [0.15, 0.2) is 30.6 Å². The molecule has 0 atom stereocenters. The van der Waals surface area contributed by atoms with E-state index in [9.17, 15) is 14.4 Å². The number of nitrogens with one attached hydrogen (secondary N) is 1. The molecule has 2 aromatic rings. The molecule has 136 valence electrons. The third kappa shape index (κ3) is 4.34. The van der Waals surface area contributed by atoms with Crippen LogP contribution in [0.5, 0.6) is 0 Å². The first-order valence-electron chi connectivity index (χ1n) is 7.82. The number of rotatable bonds is 6. The maximum absolute atomic E-state index is 12.4. The molecular formula is C17H17ClN4O4. The molecule has 0 spiro atoms. The van der Waals surface area contributed by atoms with Crippen LogP contribution in [0.4, 0.5) is 5.69 Å². The van der Waals surface area contributed by atoms with Crippen molar-refractivity contribution in [2.75, 3.05) is 18.4 Å². The molecule has 0 radical (unpaired) electrons. The number of carboxylic acid groups (broad SMARTS) is 1. The van der Waals surface area contributed by atoms with Crippen molar-refractivity contribution in [3.05, 3.63) is 52.6 Å². The number of aromatic nitrogens is 2. The van der Waals surface area contributed by atoms with E-state index in [1.807, 2.05) is 13.8 Å². The summed E-state index contributed by atoms with van der Waals surface area (Å²) in [5.74, 6) is -1.99. The number of anilines is 1. The summed E-state index contributed by atoms with van der Waals surface area (Å²) < 4.78 is 0. The average molecular weight is 377 g/mol. The Balaban J connectivity index is 2.15. The number of aromatic carboxylic acids is 1. The second-order valence-electron chi connectivity index (χ2n) is 5.22. The van der Waals surface area contributed by atoms with Gasteiger partial charge in [-0.25, -0.2) is 14.8 Å². The molecule has 0 aliphatic heterocycles. The van der Waals surface area contributed by atoms with E-state index < -0.39 is 11.9 Å². The number of hydrogen-bond acceptors (Lipinski definition) is 5. The van der Waals surface area contributed by atoms with Gasteiger partial charge in [-0.05, 0) is 32.0 Å². The predicted molar refractivity (Wildman–Crippen MR) is 95.6 cm³/mol. The molecule has 1 heterocycles. The van der Waals surface area contributed by atoms with E-state index in [4.69, 9.17) is 16.7 Å². The summed E-state index contributed by atoms with van der Waals surface area (Å²) >= 11 is 6.18. The molecule has 0 unspecified atom stereocenters. The lowest BCUT2D eigenvalue weighted by atomic mass is 10.1. The molecule has 0 aliphatic carbocycles. The smallest absolute Gasteiger partial charge is 0.356 e. The van der Waals surface area contributed by atoms with Gasteiger partial charge < -0.3 is 15.3 Å².